The summed E-state index contributed by atoms with van der Waals surface area (Å²) >= 11 is 3.41. The van der Waals surface area contributed by atoms with Crippen LogP contribution in [0, 0.1) is 0 Å². The first kappa shape index (κ1) is 10.7. The third-order valence-electron chi connectivity index (χ3n) is 1.58. The van der Waals surface area contributed by atoms with E-state index in [-0.39, 0.29) is 5.96 Å². The summed E-state index contributed by atoms with van der Waals surface area (Å²) in [5, 5.41) is 7.46. The molecule has 1 rings (SSSR count). The second-order valence-electron chi connectivity index (χ2n) is 2.69. The SMILES string of the molecule is CC(=NN=C(N)N)c1ccccc1Br. The molecule has 0 heterocycles. The molecule has 0 saturated carbocycles. The summed E-state index contributed by atoms with van der Waals surface area (Å²) in [6, 6.07) is 7.73. The maximum atomic E-state index is 5.17. The molecule has 0 aromatic heterocycles. The van der Waals surface area contributed by atoms with Crippen LogP contribution in [0.25, 0.3) is 0 Å². The molecule has 74 valence electrons. The normalized spacial score (nSPS) is 11.1. The summed E-state index contributed by atoms with van der Waals surface area (Å²) in [6.07, 6.45) is 0. The Kier molecular flexibility index (Phi) is 3.64. The molecule has 0 bridgehead atoms. The zero-order valence-corrected chi connectivity index (χ0v) is 9.32. The van der Waals surface area contributed by atoms with Crippen LogP contribution >= 0.6 is 15.9 Å². The highest BCUT2D eigenvalue weighted by molar-refractivity contribution is 9.10. The number of nitrogens with two attached hydrogens (primary N) is 2. The van der Waals surface area contributed by atoms with Crippen LogP contribution in [0.15, 0.2) is 38.9 Å². The summed E-state index contributed by atoms with van der Waals surface area (Å²) in [4.78, 5) is 0. The fourth-order valence-electron chi connectivity index (χ4n) is 0.941. The number of hydrogen-bond acceptors (Lipinski definition) is 2. The Hall–Kier alpha value is -1.36. The minimum Gasteiger partial charge on any atom is -0.369 e. The van der Waals surface area contributed by atoms with Crippen LogP contribution in [0.5, 0.6) is 0 Å². The zero-order valence-electron chi connectivity index (χ0n) is 7.74. The van der Waals surface area contributed by atoms with E-state index in [4.69, 9.17) is 11.5 Å². The number of halogens is 1. The van der Waals surface area contributed by atoms with Gasteiger partial charge in [-0.15, -0.1) is 5.10 Å². The van der Waals surface area contributed by atoms with Crippen molar-refractivity contribution in [2.75, 3.05) is 0 Å². The minimum absolute atomic E-state index is 0.0450. The lowest BCUT2D eigenvalue weighted by atomic mass is 10.1. The largest absolute Gasteiger partial charge is 0.369 e. The van der Waals surface area contributed by atoms with Gasteiger partial charge in [0.2, 0.25) is 5.96 Å². The number of guanidine groups is 1. The van der Waals surface area contributed by atoms with Crippen molar-refractivity contribution in [3.63, 3.8) is 0 Å². The van der Waals surface area contributed by atoms with Crippen LogP contribution in [-0.4, -0.2) is 11.7 Å². The van der Waals surface area contributed by atoms with E-state index in [1.165, 1.54) is 0 Å². The third kappa shape index (κ3) is 2.85. The van der Waals surface area contributed by atoms with Gasteiger partial charge in [0.05, 0.1) is 5.71 Å². The van der Waals surface area contributed by atoms with E-state index >= 15 is 0 Å². The lowest BCUT2D eigenvalue weighted by Crippen LogP contribution is -2.22. The second kappa shape index (κ2) is 4.76. The number of nitrogens with zero attached hydrogens (tertiary/aromatic N) is 2. The Labute approximate surface area is 90.8 Å². The van der Waals surface area contributed by atoms with Gasteiger partial charge in [-0.25, -0.2) is 0 Å². The molecule has 0 atom stereocenters. The van der Waals surface area contributed by atoms with Crippen LogP contribution in [0.3, 0.4) is 0 Å². The van der Waals surface area contributed by atoms with Gasteiger partial charge in [0.1, 0.15) is 0 Å². The summed E-state index contributed by atoms with van der Waals surface area (Å²) in [5.74, 6) is -0.0450. The topological polar surface area (TPSA) is 76.8 Å². The first-order chi connectivity index (χ1) is 6.61. The van der Waals surface area contributed by atoms with E-state index in [1.807, 2.05) is 31.2 Å². The van der Waals surface area contributed by atoms with E-state index in [0.29, 0.717) is 0 Å². The van der Waals surface area contributed by atoms with E-state index in [1.54, 1.807) is 0 Å². The van der Waals surface area contributed by atoms with Crippen LogP contribution in [0.1, 0.15) is 12.5 Å². The highest BCUT2D eigenvalue weighted by atomic mass is 79.9. The van der Waals surface area contributed by atoms with Gasteiger partial charge in [-0.1, -0.05) is 34.1 Å². The van der Waals surface area contributed by atoms with E-state index in [0.717, 1.165) is 15.7 Å². The molecule has 1 aromatic carbocycles. The van der Waals surface area contributed by atoms with Crippen molar-refractivity contribution in [2.45, 2.75) is 6.92 Å². The standard InChI is InChI=1S/C9H11BrN4/c1-6(13-14-9(11)12)7-4-2-3-5-8(7)10/h2-5H,1H3,(H4,11,12,14). The molecule has 5 heteroatoms. The lowest BCUT2D eigenvalue weighted by Gasteiger charge is -2.00. The summed E-state index contributed by atoms with van der Waals surface area (Å²) in [6.45, 7) is 1.84. The van der Waals surface area contributed by atoms with Gasteiger partial charge >= 0.3 is 0 Å². The Morgan fingerprint density at radius 2 is 1.86 bits per heavy atom. The van der Waals surface area contributed by atoms with Crippen molar-refractivity contribution in [3.8, 4) is 0 Å². The van der Waals surface area contributed by atoms with Crippen molar-refractivity contribution < 1.29 is 0 Å². The third-order valence-corrected chi connectivity index (χ3v) is 2.27. The maximum absolute atomic E-state index is 5.17. The van der Waals surface area contributed by atoms with Crippen molar-refractivity contribution in [2.24, 2.45) is 21.7 Å². The molecule has 14 heavy (non-hydrogen) atoms. The molecular weight excluding hydrogens is 244 g/mol. The van der Waals surface area contributed by atoms with E-state index in [9.17, 15) is 0 Å². The average Bonchev–Trinajstić information content (AvgIpc) is 2.15. The zero-order chi connectivity index (χ0) is 10.6. The Balaban J connectivity index is 3.01. The van der Waals surface area contributed by atoms with Crippen molar-refractivity contribution in [1.82, 2.24) is 0 Å². The minimum atomic E-state index is -0.0450. The first-order valence-corrected chi connectivity index (χ1v) is 4.78. The molecule has 0 aliphatic rings. The quantitative estimate of drug-likeness (QED) is 0.476. The molecule has 0 amide bonds. The van der Waals surface area contributed by atoms with Gasteiger partial charge in [-0.3, -0.25) is 0 Å². The molecule has 0 radical (unpaired) electrons. The molecule has 0 spiro atoms. The van der Waals surface area contributed by atoms with Crippen LogP contribution in [0.2, 0.25) is 0 Å². The fourth-order valence-corrected chi connectivity index (χ4v) is 1.51. The van der Waals surface area contributed by atoms with Crippen molar-refractivity contribution >= 4 is 27.6 Å². The van der Waals surface area contributed by atoms with Crippen LogP contribution in [-0.2, 0) is 0 Å². The highest BCUT2D eigenvalue weighted by Crippen LogP contribution is 2.16. The molecule has 1 aromatic rings. The molecule has 0 aliphatic heterocycles. The van der Waals surface area contributed by atoms with Gasteiger partial charge in [0, 0.05) is 10.0 Å². The fraction of sp³-hybridized carbons (Fsp3) is 0.111. The Bertz CT molecular complexity index is 380. The predicted molar refractivity (Wildman–Crippen MR) is 62.2 cm³/mol. The van der Waals surface area contributed by atoms with Crippen molar-refractivity contribution in [1.29, 1.82) is 0 Å². The number of rotatable bonds is 2. The van der Waals surface area contributed by atoms with E-state index < -0.39 is 0 Å². The summed E-state index contributed by atoms with van der Waals surface area (Å²) in [7, 11) is 0. The van der Waals surface area contributed by atoms with Crippen LogP contribution in [0.4, 0.5) is 0 Å². The van der Waals surface area contributed by atoms with Gasteiger partial charge in [-0.2, -0.15) is 5.10 Å². The molecular formula is C9H11BrN4. The molecule has 0 fully saturated rings. The molecule has 0 aliphatic carbocycles. The van der Waals surface area contributed by atoms with Gasteiger partial charge in [0.15, 0.2) is 0 Å². The van der Waals surface area contributed by atoms with Crippen LogP contribution < -0.4 is 11.5 Å². The second-order valence-corrected chi connectivity index (χ2v) is 3.54. The smallest absolute Gasteiger partial charge is 0.211 e. The number of benzene rings is 1. The van der Waals surface area contributed by atoms with Crippen molar-refractivity contribution in [3.05, 3.63) is 34.3 Å². The van der Waals surface area contributed by atoms with Gasteiger partial charge in [-0.05, 0) is 13.0 Å². The molecule has 0 unspecified atom stereocenters. The van der Waals surface area contributed by atoms with Gasteiger partial charge < -0.3 is 11.5 Å². The number of hydrogen-bond donors (Lipinski definition) is 2. The monoisotopic (exact) mass is 254 g/mol. The van der Waals surface area contributed by atoms with E-state index in [2.05, 4.69) is 26.1 Å². The van der Waals surface area contributed by atoms with Gasteiger partial charge in [0.25, 0.3) is 0 Å². The highest BCUT2D eigenvalue weighted by Gasteiger charge is 2.00. The maximum Gasteiger partial charge on any atom is 0.211 e. The average molecular weight is 255 g/mol. The summed E-state index contributed by atoms with van der Waals surface area (Å²) < 4.78 is 0.965. The molecule has 4 nitrogen and oxygen atoms in total. The molecule has 4 N–H and O–H groups in total. The predicted octanol–water partition coefficient (Wildman–Crippen LogP) is 1.45. The first-order valence-electron chi connectivity index (χ1n) is 3.99. The Morgan fingerprint density at radius 3 is 2.43 bits per heavy atom. The lowest BCUT2D eigenvalue weighted by molar-refractivity contribution is 1.19. The molecule has 0 saturated heterocycles. The Morgan fingerprint density at radius 1 is 1.21 bits per heavy atom. The summed E-state index contributed by atoms with van der Waals surface area (Å²) in [5.41, 5.74) is 12.1.